The molecule has 2 unspecified atom stereocenters. The average Bonchev–Trinajstić information content (AvgIpc) is 2.93. The van der Waals surface area contributed by atoms with Crippen molar-refractivity contribution in [2.75, 3.05) is 45.7 Å². The van der Waals surface area contributed by atoms with Crippen LogP contribution in [-0.4, -0.2) is 67.4 Å². The van der Waals surface area contributed by atoms with Crippen LogP contribution in [0.25, 0.3) is 0 Å². The van der Waals surface area contributed by atoms with Gasteiger partial charge in [0.15, 0.2) is 0 Å². The summed E-state index contributed by atoms with van der Waals surface area (Å²) in [6.07, 6.45) is 2.03. The fraction of sp³-hybridized carbons (Fsp3) is 0.323. The molecule has 0 aliphatic carbocycles. The van der Waals surface area contributed by atoms with Crippen molar-refractivity contribution >= 4 is 11.7 Å². The van der Waals surface area contributed by atoms with Gasteiger partial charge in [0.1, 0.15) is 11.6 Å². The third-order valence-electron chi connectivity index (χ3n) is 7.04. The Morgan fingerprint density at radius 2 is 1.61 bits per heavy atom. The molecule has 6 nitrogen and oxygen atoms in total. The van der Waals surface area contributed by atoms with E-state index in [0.717, 1.165) is 49.9 Å². The Morgan fingerprint density at radius 1 is 0.947 bits per heavy atom. The number of aliphatic hydroxyl groups is 1. The van der Waals surface area contributed by atoms with Crippen molar-refractivity contribution in [2.24, 2.45) is 0 Å². The van der Waals surface area contributed by atoms with Crippen LogP contribution in [0.1, 0.15) is 35.4 Å². The Kier molecular flexibility index (Phi) is 9.36. The van der Waals surface area contributed by atoms with Crippen molar-refractivity contribution in [3.63, 3.8) is 0 Å². The van der Waals surface area contributed by atoms with Gasteiger partial charge in [-0.05, 0) is 79.5 Å². The van der Waals surface area contributed by atoms with Gasteiger partial charge in [-0.25, -0.2) is 9.18 Å². The molecule has 5 rings (SSSR count). The van der Waals surface area contributed by atoms with E-state index >= 15 is 0 Å². The predicted molar refractivity (Wildman–Crippen MR) is 148 cm³/mol. The van der Waals surface area contributed by atoms with Gasteiger partial charge >= 0.3 is 6.03 Å². The van der Waals surface area contributed by atoms with Crippen LogP contribution in [0.2, 0.25) is 0 Å². The second-order valence-corrected chi connectivity index (χ2v) is 9.36. The van der Waals surface area contributed by atoms with Crippen LogP contribution in [-0.2, 0) is 0 Å². The van der Waals surface area contributed by atoms with Gasteiger partial charge in [0.25, 0.3) is 0 Å². The molecule has 0 bridgehead atoms. The number of nitrogens with one attached hydrogen (secondary N) is 1. The monoisotopic (exact) mass is 515 g/mol. The summed E-state index contributed by atoms with van der Waals surface area (Å²) < 4.78 is 18.7. The molecule has 0 spiro atoms. The second-order valence-electron chi connectivity index (χ2n) is 9.36. The Morgan fingerprint density at radius 3 is 2.26 bits per heavy atom. The molecule has 0 radical (unpaired) electrons. The number of hydrogen-bond donors (Lipinski definition) is 2. The number of hydrogen-bond acceptors (Lipinski definition) is 4. The van der Waals surface area contributed by atoms with E-state index in [2.05, 4.69) is 46.3 Å². The maximum Gasteiger partial charge on any atom is 0.321 e. The van der Waals surface area contributed by atoms with Crippen LogP contribution < -0.4 is 10.1 Å². The molecule has 2 heterocycles. The van der Waals surface area contributed by atoms with Crippen LogP contribution in [0, 0.1) is 17.7 Å². The maximum absolute atomic E-state index is 13.5. The fourth-order valence-electron chi connectivity index (χ4n) is 4.97. The van der Waals surface area contributed by atoms with Gasteiger partial charge in [-0.15, -0.1) is 0 Å². The van der Waals surface area contributed by atoms with Crippen molar-refractivity contribution < 1.29 is 19.0 Å². The normalized spacial score (nSPS) is 18.7. The van der Waals surface area contributed by atoms with E-state index in [4.69, 9.17) is 9.84 Å². The minimum atomic E-state index is -0.358. The summed E-state index contributed by atoms with van der Waals surface area (Å²) in [5.41, 5.74) is 3.67. The Bertz CT molecular complexity index is 1270. The molecule has 2 saturated heterocycles. The maximum atomic E-state index is 13.5. The number of amides is 2. The molecule has 2 N–H and O–H groups in total. The van der Waals surface area contributed by atoms with E-state index in [0.29, 0.717) is 24.7 Å². The molecule has 2 amide bonds. The van der Waals surface area contributed by atoms with E-state index in [9.17, 15) is 9.18 Å². The smallest absolute Gasteiger partial charge is 0.321 e. The van der Waals surface area contributed by atoms with Crippen LogP contribution in [0.15, 0.2) is 72.8 Å². The number of fused-ring (bicyclic) bond motifs is 1. The molecule has 3 aromatic carbocycles. The summed E-state index contributed by atoms with van der Waals surface area (Å²) in [6, 6.07) is 22.3. The highest BCUT2D eigenvalue weighted by Crippen LogP contribution is 2.36. The summed E-state index contributed by atoms with van der Waals surface area (Å²) in [5, 5.41) is 9.86. The molecular formula is C31H34FN3O3. The van der Waals surface area contributed by atoms with Gasteiger partial charge in [-0.1, -0.05) is 30.0 Å². The molecular weight excluding hydrogens is 481 g/mol. The van der Waals surface area contributed by atoms with Gasteiger partial charge in [-0.2, -0.15) is 0 Å². The molecule has 2 aliphatic rings. The first-order valence-electron chi connectivity index (χ1n) is 12.9. The minimum Gasteiger partial charge on any atom is -0.497 e. The standard InChI is InChI=1S/C30H30FN3O2.CH4O/c1-36-27-15-11-23(12-16-27)8-7-22-9-13-24(14-10-22)28-20-33-17-2-3-18-34(21-29(28)33)30(35)32-26-6-4-5-25(31)19-26;1-2/h4-6,9-16,19,28-29H,2-3,17-18,20-21H2,1H3,(H,32,35);2H,1H3. The van der Waals surface area contributed by atoms with Crippen LogP contribution in [0.3, 0.4) is 0 Å². The Hall–Kier alpha value is -3.86. The van der Waals surface area contributed by atoms with E-state index < -0.39 is 0 Å². The minimum absolute atomic E-state index is 0.169. The Balaban J connectivity index is 0.00000164. The highest BCUT2D eigenvalue weighted by molar-refractivity contribution is 5.89. The number of urea groups is 1. The summed E-state index contributed by atoms with van der Waals surface area (Å²) >= 11 is 0. The fourth-order valence-corrected chi connectivity index (χ4v) is 4.97. The molecule has 0 aromatic heterocycles. The topological polar surface area (TPSA) is 65.0 Å². The number of methoxy groups -OCH3 is 1. The van der Waals surface area contributed by atoms with Gasteiger partial charge < -0.3 is 20.1 Å². The van der Waals surface area contributed by atoms with Gasteiger partial charge in [0.2, 0.25) is 0 Å². The first-order chi connectivity index (χ1) is 18.6. The van der Waals surface area contributed by atoms with Crippen molar-refractivity contribution in [3.8, 4) is 17.6 Å². The number of ether oxygens (including phenoxy) is 1. The highest BCUT2D eigenvalue weighted by atomic mass is 19.1. The van der Waals surface area contributed by atoms with Crippen molar-refractivity contribution in [1.82, 2.24) is 9.80 Å². The molecule has 198 valence electrons. The molecule has 7 heteroatoms. The van der Waals surface area contributed by atoms with Crippen LogP contribution in [0.4, 0.5) is 14.9 Å². The number of nitrogens with zero attached hydrogens (tertiary/aromatic N) is 2. The van der Waals surface area contributed by atoms with Gasteiger partial charge in [0.05, 0.1) is 7.11 Å². The number of benzene rings is 3. The summed E-state index contributed by atoms with van der Waals surface area (Å²) in [7, 11) is 2.65. The zero-order valence-corrected chi connectivity index (χ0v) is 21.9. The molecule has 2 aliphatic heterocycles. The van der Waals surface area contributed by atoms with Gasteiger partial charge in [0, 0.05) is 55.5 Å². The summed E-state index contributed by atoms with van der Waals surface area (Å²) in [6.45, 7) is 3.43. The third-order valence-corrected chi connectivity index (χ3v) is 7.04. The average molecular weight is 516 g/mol. The highest BCUT2D eigenvalue weighted by Gasteiger charge is 2.41. The number of anilines is 1. The molecule has 38 heavy (non-hydrogen) atoms. The van der Waals surface area contributed by atoms with Crippen LogP contribution >= 0.6 is 0 Å². The Labute approximate surface area is 224 Å². The van der Waals surface area contributed by atoms with E-state index in [1.807, 2.05) is 29.2 Å². The molecule has 3 aromatic rings. The summed E-state index contributed by atoms with van der Waals surface area (Å²) in [4.78, 5) is 17.3. The van der Waals surface area contributed by atoms with Crippen molar-refractivity contribution in [3.05, 3.63) is 95.3 Å². The zero-order chi connectivity index (χ0) is 26.9. The number of halogens is 1. The second kappa shape index (κ2) is 13.1. The van der Waals surface area contributed by atoms with Crippen molar-refractivity contribution in [2.45, 2.75) is 24.8 Å². The first kappa shape index (κ1) is 27.2. The number of carbonyl (C=O) groups is 1. The lowest BCUT2D eigenvalue weighted by Gasteiger charge is -2.51. The predicted octanol–water partition coefficient (Wildman–Crippen LogP) is 4.94. The third kappa shape index (κ3) is 6.71. The van der Waals surface area contributed by atoms with Crippen LogP contribution in [0.5, 0.6) is 5.75 Å². The first-order valence-corrected chi connectivity index (χ1v) is 12.9. The lowest BCUT2D eigenvalue weighted by molar-refractivity contribution is 0.0272. The van der Waals surface area contributed by atoms with E-state index in [-0.39, 0.29) is 17.9 Å². The van der Waals surface area contributed by atoms with Crippen molar-refractivity contribution in [1.29, 1.82) is 0 Å². The summed E-state index contributed by atoms with van der Waals surface area (Å²) in [5.74, 6) is 7.27. The van der Waals surface area contributed by atoms with E-state index in [1.54, 1.807) is 19.2 Å². The zero-order valence-electron chi connectivity index (χ0n) is 21.9. The number of carbonyl (C=O) groups excluding carboxylic acids is 1. The largest absolute Gasteiger partial charge is 0.497 e. The number of rotatable bonds is 3. The lowest BCUT2D eigenvalue weighted by atomic mass is 9.81. The number of aliphatic hydroxyl groups excluding tert-OH is 1. The molecule has 2 fully saturated rings. The quantitative estimate of drug-likeness (QED) is 0.485. The van der Waals surface area contributed by atoms with E-state index in [1.165, 1.54) is 17.7 Å². The lowest BCUT2D eigenvalue weighted by Crippen LogP contribution is -2.61. The molecule has 0 saturated carbocycles. The molecule has 2 atom stereocenters. The SMILES string of the molecule is CO.COc1ccc(C#Cc2ccc(C3CN4CCCCN(C(=O)Nc5cccc(F)c5)CC34)cc2)cc1. The van der Waals surface area contributed by atoms with Gasteiger partial charge in [-0.3, -0.25) is 4.90 Å².